The molecule has 0 rings (SSSR count). The van der Waals surface area contributed by atoms with Gasteiger partial charge in [0.25, 0.3) is 0 Å². The summed E-state index contributed by atoms with van der Waals surface area (Å²) in [5, 5.41) is 10.1. The van der Waals surface area contributed by atoms with E-state index in [1.807, 2.05) is 0 Å². The van der Waals surface area contributed by atoms with Crippen LogP contribution < -0.4 is 0 Å². The van der Waals surface area contributed by atoms with E-state index in [0.29, 0.717) is 12.3 Å². The lowest BCUT2D eigenvalue weighted by atomic mass is 9.89. The van der Waals surface area contributed by atoms with Gasteiger partial charge >= 0.3 is 0 Å². The van der Waals surface area contributed by atoms with Crippen LogP contribution in [0.5, 0.6) is 0 Å². The highest BCUT2D eigenvalue weighted by Crippen LogP contribution is 2.28. The monoisotopic (exact) mass is 264 g/mol. The molecule has 0 fully saturated rings. The Morgan fingerprint density at radius 1 is 1.24 bits per heavy atom. The van der Waals surface area contributed by atoms with Crippen molar-refractivity contribution in [2.75, 3.05) is 6.26 Å². The van der Waals surface area contributed by atoms with Gasteiger partial charge in [0.2, 0.25) is 0 Å². The van der Waals surface area contributed by atoms with Crippen molar-refractivity contribution in [3.05, 3.63) is 0 Å². The Morgan fingerprint density at radius 2 is 1.76 bits per heavy atom. The molecule has 2 unspecified atom stereocenters. The summed E-state index contributed by atoms with van der Waals surface area (Å²) in [5.74, 6) is 0.422. The zero-order valence-electron chi connectivity index (χ0n) is 11.9. The standard InChI is InChI=1S/C13H28O3S/c1-6-8-9-11(7-2)10-12(14)13(3,4)17(5,15)16/h11-12,14H,6-10H2,1-5H3. The van der Waals surface area contributed by atoms with E-state index in [4.69, 9.17) is 0 Å². The van der Waals surface area contributed by atoms with Gasteiger partial charge in [-0.05, 0) is 26.2 Å². The fraction of sp³-hybridized carbons (Fsp3) is 1.00. The summed E-state index contributed by atoms with van der Waals surface area (Å²) in [6.45, 7) is 7.46. The second kappa shape index (κ2) is 6.74. The van der Waals surface area contributed by atoms with Crippen LogP contribution in [0.1, 0.15) is 59.8 Å². The summed E-state index contributed by atoms with van der Waals surface area (Å²) >= 11 is 0. The summed E-state index contributed by atoms with van der Waals surface area (Å²) in [5.41, 5.74) is 0. The Balaban J connectivity index is 4.56. The van der Waals surface area contributed by atoms with Crippen LogP contribution in [-0.4, -0.2) is 30.6 Å². The molecular weight excluding hydrogens is 236 g/mol. The van der Waals surface area contributed by atoms with Crippen molar-refractivity contribution in [2.24, 2.45) is 5.92 Å². The Labute approximate surface area is 107 Å². The molecule has 0 amide bonds. The first-order chi connectivity index (χ1) is 7.66. The molecule has 0 aromatic heterocycles. The van der Waals surface area contributed by atoms with Crippen LogP contribution in [0.2, 0.25) is 0 Å². The van der Waals surface area contributed by atoms with Gasteiger partial charge in [-0.15, -0.1) is 0 Å². The third-order valence-corrected chi connectivity index (χ3v) is 6.04. The molecule has 104 valence electrons. The fourth-order valence-corrected chi connectivity index (χ4v) is 2.42. The summed E-state index contributed by atoms with van der Waals surface area (Å²) in [7, 11) is -3.23. The Morgan fingerprint density at radius 3 is 2.12 bits per heavy atom. The smallest absolute Gasteiger partial charge is 0.155 e. The lowest BCUT2D eigenvalue weighted by molar-refractivity contribution is 0.105. The van der Waals surface area contributed by atoms with Gasteiger partial charge in [-0.3, -0.25) is 0 Å². The molecule has 1 N–H and O–H groups in total. The number of aliphatic hydroxyl groups excluding tert-OH is 1. The molecule has 0 saturated heterocycles. The van der Waals surface area contributed by atoms with Gasteiger partial charge in [-0.2, -0.15) is 0 Å². The van der Waals surface area contributed by atoms with Crippen molar-refractivity contribution in [1.29, 1.82) is 0 Å². The second-order valence-corrected chi connectivity index (χ2v) is 8.14. The van der Waals surface area contributed by atoms with Gasteiger partial charge < -0.3 is 5.11 Å². The van der Waals surface area contributed by atoms with E-state index in [-0.39, 0.29) is 0 Å². The molecule has 0 aromatic rings. The first kappa shape index (κ1) is 16.9. The number of rotatable bonds is 8. The van der Waals surface area contributed by atoms with Gasteiger partial charge in [-0.1, -0.05) is 39.5 Å². The Hall–Kier alpha value is -0.0900. The molecule has 0 aliphatic heterocycles. The van der Waals surface area contributed by atoms with Crippen molar-refractivity contribution in [1.82, 2.24) is 0 Å². The molecule has 0 aliphatic carbocycles. The minimum atomic E-state index is -3.23. The minimum Gasteiger partial charge on any atom is -0.391 e. The largest absolute Gasteiger partial charge is 0.391 e. The molecule has 4 heteroatoms. The molecule has 0 bridgehead atoms. The number of aliphatic hydroxyl groups is 1. The first-order valence-corrected chi connectivity index (χ1v) is 8.43. The maximum Gasteiger partial charge on any atom is 0.155 e. The lowest BCUT2D eigenvalue weighted by Crippen LogP contribution is -2.44. The highest BCUT2D eigenvalue weighted by atomic mass is 32.2. The summed E-state index contributed by atoms with van der Waals surface area (Å²) < 4.78 is 22.2. The van der Waals surface area contributed by atoms with E-state index in [0.717, 1.165) is 25.7 Å². The van der Waals surface area contributed by atoms with Crippen molar-refractivity contribution >= 4 is 9.84 Å². The predicted molar refractivity (Wildman–Crippen MR) is 72.9 cm³/mol. The molecule has 0 radical (unpaired) electrons. The average molecular weight is 264 g/mol. The molecule has 17 heavy (non-hydrogen) atoms. The molecule has 0 spiro atoms. The summed E-state index contributed by atoms with van der Waals surface area (Å²) in [4.78, 5) is 0. The zero-order chi connectivity index (χ0) is 13.7. The second-order valence-electron chi connectivity index (χ2n) is 5.54. The van der Waals surface area contributed by atoms with Gasteiger partial charge in [0.05, 0.1) is 10.9 Å². The number of unbranched alkanes of at least 4 members (excludes halogenated alkanes) is 1. The third kappa shape index (κ3) is 4.96. The lowest BCUT2D eigenvalue weighted by Gasteiger charge is -2.31. The van der Waals surface area contributed by atoms with E-state index in [1.165, 1.54) is 6.26 Å². The van der Waals surface area contributed by atoms with Gasteiger partial charge in [-0.25, -0.2) is 8.42 Å². The first-order valence-electron chi connectivity index (χ1n) is 6.54. The zero-order valence-corrected chi connectivity index (χ0v) is 12.7. The van der Waals surface area contributed by atoms with Gasteiger partial charge in [0.1, 0.15) is 0 Å². The fourth-order valence-electron chi connectivity index (χ4n) is 1.83. The maximum absolute atomic E-state index is 11.6. The highest BCUT2D eigenvalue weighted by Gasteiger charge is 2.38. The molecule has 0 aromatic carbocycles. The molecule has 0 aliphatic rings. The van der Waals surface area contributed by atoms with Crippen LogP contribution >= 0.6 is 0 Å². The maximum atomic E-state index is 11.6. The average Bonchev–Trinajstić information content (AvgIpc) is 2.22. The topological polar surface area (TPSA) is 54.4 Å². The third-order valence-electron chi connectivity index (χ3n) is 3.86. The number of hydrogen-bond donors (Lipinski definition) is 1. The van der Waals surface area contributed by atoms with Gasteiger partial charge in [0, 0.05) is 6.26 Å². The van der Waals surface area contributed by atoms with Crippen molar-refractivity contribution < 1.29 is 13.5 Å². The van der Waals surface area contributed by atoms with E-state index >= 15 is 0 Å². The van der Waals surface area contributed by atoms with Crippen molar-refractivity contribution in [3.63, 3.8) is 0 Å². The minimum absolute atomic E-state index is 0.422. The van der Waals surface area contributed by atoms with E-state index in [9.17, 15) is 13.5 Å². The van der Waals surface area contributed by atoms with Crippen LogP contribution in [0, 0.1) is 5.92 Å². The molecule has 2 atom stereocenters. The van der Waals surface area contributed by atoms with Gasteiger partial charge in [0.15, 0.2) is 9.84 Å². The number of hydrogen-bond acceptors (Lipinski definition) is 3. The molecular formula is C13H28O3S. The van der Waals surface area contributed by atoms with E-state index in [2.05, 4.69) is 13.8 Å². The number of sulfone groups is 1. The van der Waals surface area contributed by atoms with Crippen LogP contribution in [0.4, 0.5) is 0 Å². The molecule has 3 nitrogen and oxygen atoms in total. The van der Waals surface area contributed by atoms with E-state index < -0.39 is 20.7 Å². The molecule has 0 heterocycles. The summed E-state index contributed by atoms with van der Waals surface area (Å²) in [6, 6.07) is 0. The van der Waals surface area contributed by atoms with Crippen molar-refractivity contribution in [3.8, 4) is 0 Å². The Kier molecular flexibility index (Phi) is 6.70. The SMILES string of the molecule is CCCCC(CC)CC(O)C(C)(C)S(C)(=O)=O. The van der Waals surface area contributed by atoms with E-state index in [1.54, 1.807) is 13.8 Å². The van der Waals surface area contributed by atoms with Crippen LogP contribution in [0.15, 0.2) is 0 Å². The normalized spacial score (nSPS) is 16.8. The quantitative estimate of drug-likeness (QED) is 0.733. The van der Waals surface area contributed by atoms with Crippen LogP contribution in [0.25, 0.3) is 0 Å². The predicted octanol–water partition coefficient (Wildman–Crippen LogP) is 2.78. The molecule has 0 saturated carbocycles. The summed E-state index contributed by atoms with van der Waals surface area (Å²) in [6.07, 6.45) is 5.35. The van der Waals surface area contributed by atoms with Crippen molar-refractivity contribution in [2.45, 2.75) is 70.7 Å². The van der Waals surface area contributed by atoms with Crippen LogP contribution in [-0.2, 0) is 9.84 Å². The van der Waals surface area contributed by atoms with Crippen LogP contribution in [0.3, 0.4) is 0 Å². The Bertz CT molecular complexity index is 307. The highest BCUT2D eigenvalue weighted by molar-refractivity contribution is 7.92.